The molecule has 1 atom stereocenters. The van der Waals surface area contributed by atoms with E-state index in [9.17, 15) is 4.79 Å². The van der Waals surface area contributed by atoms with Crippen LogP contribution in [0.15, 0.2) is 113 Å². The molecule has 4 aromatic carbocycles. The molecule has 0 spiro atoms. The zero-order valence-corrected chi connectivity index (χ0v) is 21.9. The summed E-state index contributed by atoms with van der Waals surface area (Å²) in [7, 11) is 0. The molecule has 0 aliphatic rings. The van der Waals surface area contributed by atoms with Gasteiger partial charge in [0, 0.05) is 10.0 Å². The van der Waals surface area contributed by atoms with Crippen LogP contribution in [-0.2, 0) is 18.0 Å². The third kappa shape index (κ3) is 8.22. The fourth-order valence-corrected chi connectivity index (χ4v) is 3.59. The summed E-state index contributed by atoms with van der Waals surface area (Å²) in [6, 6.07) is 32.5. The lowest BCUT2D eigenvalue weighted by Crippen LogP contribution is -2.33. The minimum absolute atomic E-state index is 0.367. The Balaban J connectivity index is 1.25. The van der Waals surface area contributed by atoms with E-state index in [2.05, 4.69) is 26.5 Å². The highest BCUT2D eigenvalue weighted by Gasteiger charge is 2.14. The average molecular weight is 559 g/mol. The van der Waals surface area contributed by atoms with E-state index in [4.69, 9.17) is 14.2 Å². The summed E-state index contributed by atoms with van der Waals surface area (Å²) in [6.45, 7) is 2.57. The first-order chi connectivity index (χ1) is 18.1. The summed E-state index contributed by atoms with van der Waals surface area (Å²) >= 11 is 3.43. The van der Waals surface area contributed by atoms with Gasteiger partial charge >= 0.3 is 0 Å². The number of hydrazone groups is 1. The second-order valence-electron chi connectivity index (χ2n) is 8.19. The van der Waals surface area contributed by atoms with Crippen molar-refractivity contribution < 1.29 is 19.0 Å². The third-order valence-electron chi connectivity index (χ3n) is 5.36. The van der Waals surface area contributed by atoms with Gasteiger partial charge in [-0.2, -0.15) is 5.10 Å². The second kappa shape index (κ2) is 13.3. The Hall–Kier alpha value is -4.10. The molecule has 0 fully saturated rings. The molecule has 4 rings (SSSR count). The van der Waals surface area contributed by atoms with E-state index >= 15 is 0 Å². The van der Waals surface area contributed by atoms with Gasteiger partial charge in [0.2, 0.25) is 0 Å². The molecule has 188 valence electrons. The summed E-state index contributed by atoms with van der Waals surface area (Å²) in [5.74, 6) is 1.58. The number of amides is 1. The lowest BCUT2D eigenvalue weighted by atomic mass is 10.2. The van der Waals surface area contributed by atoms with Gasteiger partial charge in [-0.25, -0.2) is 5.43 Å². The maximum absolute atomic E-state index is 12.5. The summed E-state index contributed by atoms with van der Waals surface area (Å²) in [6.07, 6.45) is 0.817. The average Bonchev–Trinajstić information content (AvgIpc) is 2.93. The molecule has 1 unspecified atom stereocenters. The molecule has 0 saturated heterocycles. The molecule has 0 saturated carbocycles. The van der Waals surface area contributed by atoms with Gasteiger partial charge in [0.05, 0.1) is 6.21 Å². The van der Waals surface area contributed by atoms with Gasteiger partial charge in [0.15, 0.2) is 6.10 Å². The first-order valence-electron chi connectivity index (χ1n) is 11.8. The summed E-state index contributed by atoms with van der Waals surface area (Å²) in [4.78, 5) is 12.5. The van der Waals surface area contributed by atoms with Crippen LogP contribution in [0.5, 0.6) is 17.2 Å². The van der Waals surface area contributed by atoms with Crippen molar-refractivity contribution >= 4 is 28.1 Å². The van der Waals surface area contributed by atoms with Crippen LogP contribution in [0.2, 0.25) is 0 Å². The zero-order chi connectivity index (χ0) is 25.9. The molecule has 0 aliphatic carbocycles. The van der Waals surface area contributed by atoms with Crippen LogP contribution >= 0.6 is 15.9 Å². The van der Waals surface area contributed by atoms with E-state index in [-0.39, 0.29) is 5.91 Å². The molecule has 7 heteroatoms. The quantitative estimate of drug-likeness (QED) is 0.168. The van der Waals surface area contributed by atoms with E-state index in [1.165, 1.54) is 0 Å². The van der Waals surface area contributed by atoms with Gasteiger partial charge in [-0.3, -0.25) is 4.79 Å². The SMILES string of the molecule is CC(Oc1ccc(OCc2ccccc2)cc1)C(=O)N/N=C/c1ccccc1OCc1ccc(Br)cc1. The Labute approximate surface area is 225 Å². The Morgan fingerprint density at radius 2 is 1.43 bits per heavy atom. The largest absolute Gasteiger partial charge is 0.489 e. The van der Waals surface area contributed by atoms with Gasteiger partial charge in [-0.05, 0) is 66.6 Å². The molecule has 0 bridgehead atoms. The molecule has 4 aromatic rings. The highest BCUT2D eigenvalue weighted by atomic mass is 79.9. The lowest BCUT2D eigenvalue weighted by Gasteiger charge is -2.14. The number of carbonyl (C=O) groups excluding carboxylic acids is 1. The first kappa shape index (κ1) is 26.0. The number of ether oxygens (including phenoxy) is 3. The van der Waals surface area contributed by atoms with E-state index < -0.39 is 6.10 Å². The van der Waals surface area contributed by atoms with Crippen molar-refractivity contribution in [2.75, 3.05) is 0 Å². The van der Waals surface area contributed by atoms with Crippen LogP contribution in [0, 0.1) is 0 Å². The fraction of sp³-hybridized carbons (Fsp3) is 0.133. The van der Waals surface area contributed by atoms with Crippen LogP contribution in [0.3, 0.4) is 0 Å². The van der Waals surface area contributed by atoms with Crippen molar-refractivity contribution in [1.82, 2.24) is 5.43 Å². The van der Waals surface area contributed by atoms with Crippen LogP contribution < -0.4 is 19.6 Å². The number of carbonyl (C=O) groups is 1. The molecular formula is C30H27BrN2O4. The summed E-state index contributed by atoms with van der Waals surface area (Å²) in [5.41, 5.74) is 5.41. The molecule has 1 N–H and O–H groups in total. The Kier molecular flexibility index (Phi) is 9.32. The van der Waals surface area contributed by atoms with E-state index in [1.54, 1.807) is 25.3 Å². The zero-order valence-electron chi connectivity index (χ0n) is 20.3. The standard InChI is InChI=1S/C30H27BrN2O4/c1-22(37-28-17-15-27(16-18-28)35-20-23-7-3-2-4-8-23)30(34)33-32-19-25-9-5-6-10-29(25)36-21-24-11-13-26(31)14-12-24/h2-19,22H,20-21H2,1H3,(H,33,34)/b32-19+. The molecule has 37 heavy (non-hydrogen) atoms. The van der Waals surface area contributed by atoms with Crippen LogP contribution in [-0.4, -0.2) is 18.2 Å². The Bertz CT molecular complexity index is 1310. The van der Waals surface area contributed by atoms with Crippen molar-refractivity contribution in [3.63, 3.8) is 0 Å². The molecule has 0 aliphatic heterocycles. The van der Waals surface area contributed by atoms with Crippen molar-refractivity contribution in [1.29, 1.82) is 0 Å². The van der Waals surface area contributed by atoms with Crippen molar-refractivity contribution in [3.05, 3.63) is 124 Å². The number of para-hydroxylation sites is 1. The fourth-order valence-electron chi connectivity index (χ4n) is 3.33. The number of benzene rings is 4. The maximum Gasteiger partial charge on any atom is 0.280 e. The molecule has 0 radical (unpaired) electrons. The summed E-state index contributed by atoms with van der Waals surface area (Å²) in [5, 5.41) is 4.09. The topological polar surface area (TPSA) is 69.2 Å². The molecular weight excluding hydrogens is 532 g/mol. The van der Waals surface area contributed by atoms with Crippen molar-refractivity contribution in [2.24, 2.45) is 5.10 Å². The van der Waals surface area contributed by atoms with E-state index in [0.717, 1.165) is 26.9 Å². The van der Waals surface area contributed by atoms with Crippen LogP contribution in [0.25, 0.3) is 0 Å². The van der Waals surface area contributed by atoms with Gasteiger partial charge < -0.3 is 14.2 Å². The minimum Gasteiger partial charge on any atom is -0.489 e. The predicted molar refractivity (Wildman–Crippen MR) is 148 cm³/mol. The number of hydrogen-bond donors (Lipinski definition) is 1. The molecule has 0 heterocycles. The number of hydrogen-bond acceptors (Lipinski definition) is 5. The second-order valence-corrected chi connectivity index (χ2v) is 9.11. The van der Waals surface area contributed by atoms with E-state index in [1.807, 2.05) is 91.0 Å². The normalized spacial score (nSPS) is 11.6. The maximum atomic E-state index is 12.5. The summed E-state index contributed by atoms with van der Waals surface area (Å²) < 4.78 is 18.5. The predicted octanol–water partition coefficient (Wildman–Crippen LogP) is 6.52. The molecule has 0 aromatic heterocycles. The van der Waals surface area contributed by atoms with Gasteiger partial charge in [0.25, 0.3) is 5.91 Å². The smallest absolute Gasteiger partial charge is 0.280 e. The van der Waals surface area contributed by atoms with Crippen LogP contribution in [0.4, 0.5) is 0 Å². The molecule has 1 amide bonds. The monoisotopic (exact) mass is 558 g/mol. The van der Waals surface area contributed by atoms with Crippen molar-refractivity contribution in [2.45, 2.75) is 26.2 Å². The van der Waals surface area contributed by atoms with Gasteiger partial charge in [-0.1, -0.05) is 70.5 Å². The minimum atomic E-state index is -0.739. The highest BCUT2D eigenvalue weighted by Crippen LogP contribution is 2.20. The first-order valence-corrected chi connectivity index (χ1v) is 12.6. The Morgan fingerprint density at radius 3 is 2.19 bits per heavy atom. The number of nitrogens with zero attached hydrogens (tertiary/aromatic N) is 1. The lowest BCUT2D eigenvalue weighted by molar-refractivity contribution is -0.127. The highest BCUT2D eigenvalue weighted by molar-refractivity contribution is 9.10. The number of rotatable bonds is 11. The number of nitrogens with one attached hydrogen (secondary N) is 1. The van der Waals surface area contributed by atoms with Gasteiger partial charge in [-0.15, -0.1) is 0 Å². The van der Waals surface area contributed by atoms with Crippen molar-refractivity contribution in [3.8, 4) is 17.2 Å². The molecule has 6 nitrogen and oxygen atoms in total. The van der Waals surface area contributed by atoms with E-state index in [0.29, 0.717) is 24.7 Å². The number of halogens is 1. The Morgan fingerprint density at radius 1 is 0.811 bits per heavy atom. The van der Waals surface area contributed by atoms with Gasteiger partial charge in [0.1, 0.15) is 30.5 Å². The van der Waals surface area contributed by atoms with Crippen LogP contribution in [0.1, 0.15) is 23.6 Å². The third-order valence-corrected chi connectivity index (χ3v) is 5.89.